The molecule has 0 saturated heterocycles. The summed E-state index contributed by atoms with van der Waals surface area (Å²) in [5.74, 6) is 0. The molecule has 0 fully saturated rings. The number of rotatable bonds is 3. The van der Waals surface area contributed by atoms with Crippen LogP contribution in [0.25, 0.3) is 98.7 Å². The van der Waals surface area contributed by atoms with Crippen molar-refractivity contribution in [2.75, 3.05) is 0 Å². The first-order chi connectivity index (χ1) is 26.2. The number of para-hydroxylation sites is 3. The first-order valence-electron chi connectivity index (χ1n) is 18.2. The molecule has 0 spiro atoms. The first kappa shape index (κ1) is 30.9. The Morgan fingerprint density at radius 1 is 0.358 bits per heavy atom. The molecule has 0 unspecified atom stereocenters. The molecule has 0 radical (unpaired) electrons. The Morgan fingerprint density at radius 2 is 0.925 bits per heavy atom. The van der Waals surface area contributed by atoms with Gasteiger partial charge in [0.25, 0.3) is 0 Å². The molecule has 0 bridgehead atoms. The molecule has 2 aromatic heterocycles. The number of aromatic nitrogens is 1. The first-order valence-corrected chi connectivity index (χ1v) is 18.2. The Bertz CT molecular complexity index is 3110. The summed E-state index contributed by atoms with van der Waals surface area (Å²) in [5.41, 5.74) is 13.0. The molecule has 9 aromatic carbocycles. The van der Waals surface area contributed by atoms with Gasteiger partial charge in [-0.05, 0) is 80.6 Å². The van der Waals surface area contributed by atoms with E-state index >= 15 is 0 Å². The average molecular weight is 678 g/mol. The van der Waals surface area contributed by atoms with Gasteiger partial charge in [-0.3, -0.25) is 0 Å². The highest BCUT2D eigenvalue weighted by atomic mass is 16.3. The number of aryl methyl sites for hydroxylation is 1. The Kier molecular flexibility index (Phi) is 7.40. The minimum Gasteiger partial charge on any atom is -0.455 e. The van der Waals surface area contributed by atoms with E-state index in [1.165, 1.54) is 71.2 Å². The van der Waals surface area contributed by atoms with Gasteiger partial charge >= 0.3 is 0 Å². The molecule has 0 saturated carbocycles. The van der Waals surface area contributed by atoms with Gasteiger partial charge in [-0.2, -0.15) is 0 Å². The molecule has 0 aliphatic carbocycles. The number of hydrogen-bond donors (Lipinski definition) is 1. The number of furan rings is 1. The molecule has 11 aromatic rings. The van der Waals surface area contributed by atoms with Crippen LogP contribution >= 0.6 is 0 Å². The van der Waals surface area contributed by atoms with E-state index in [1.54, 1.807) is 0 Å². The number of H-pyrrole nitrogens is 1. The zero-order valence-electron chi connectivity index (χ0n) is 29.3. The maximum absolute atomic E-state index is 6.21. The molecule has 1 N–H and O–H groups in total. The fourth-order valence-electron chi connectivity index (χ4n) is 8.11. The summed E-state index contributed by atoms with van der Waals surface area (Å²) in [4.78, 5) is 3.49. The second-order valence-electron chi connectivity index (χ2n) is 13.8. The largest absolute Gasteiger partial charge is 0.455 e. The fourth-order valence-corrected chi connectivity index (χ4v) is 8.11. The van der Waals surface area contributed by atoms with Crippen molar-refractivity contribution >= 4 is 65.3 Å². The molecule has 2 nitrogen and oxygen atoms in total. The summed E-state index contributed by atoms with van der Waals surface area (Å²) in [5, 5.41) is 10.1. The number of hydrogen-bond acceptors (Lipinski definition) is 1. The Balaban J connectivity index is 0.000000132. The summed E-state index contributed by atoms with van der Waals surface area (Å²) >= 11 is 0. The molecule has 53 heavy (non-hydrogen) atoms. The predicted octanol–water partition coefficient (Wildman–Crippen LogP) is 14.5. The fraction of sp³-hybridized carbons (Fsp3) is 0.0196. The van der Waals surface area contributed by atoms with E-state index < -0.39 is 0 Å². The van der Waals surface area contributed by atoms with Crippen LogP contribution in [0.2, 0.25) is 0 Å². The molecule has 2 heteroatoms. The van der Waals surface area contributed by atoms with Crippen LogP contribution in [-0.2, 0) is 0 Å². The van der Waals surface area contributed by atoms with Crippen LogP contribution in [0.3, 0.4) is 0 Å². The van der Waals surface area contributed by atoms with E-state index in [0.29, 0.717) is 0 Å². The number of fused-ring (bicyclic) bond motifs is 8. The normalized spacial score (nSPS) is 11.5. The lowest BCUT2D eigenvalue weighted by molar-refractivity contribution is 0.670. The molecule has 0 atom stereocenters. The zero-order valence-corrected chi connectivity index (χ0v) is 29.3. The van der Waals surface area contributed by atoms with Gasteiger partial charge in [-0.15, -0.1) is 0 Å². The third kappa shape index (κ3) is 5.27. The van der Waals surface area contributed by atoms with Crippen LogP contribution in [0.5, 0.6) is 0 Å². The number of benzene rings is 9. The standard InChI is InChI=1S/C27H20.C24H15NO/c1-19-16-17-24-25(18-19)27(21-12-6-3-7-13-21)23-15-9-8-14-22(23)26(24)20-10-4-2-5-11-20;1-3-10-21-17(6-1)20-14-15(12-13-22(20)25-21)16-8-5-9-19-18-7-2-4-11-23(18)26-24(16)19/h2-18H,1H3;1-14,25H. The monoisotopic (exact) mass is 677 g/mol. The van der Waals surface area contributed by atoms with Gasteiger partial charge in [0.15, 0.2) is 0 Å². The van der Waals surface area contributed by atoms with Gasteiger partial charge in [0, 0.05) is 38.1 Å². The summed E-state index contributed by atoms with van der Waals surface area (Å²) < 4.78 is 6.21. The van der Waals surface area contributed by atoms with Gasteiger partial charge in [-0.1, -0.05) is 169 Å². The van der Waals surface area contributed by atoms with Gasteiger partial charge < -0.3 is 9.40 Å². The van der Waals surface area contributed by atoms with E-state index in [-0.39, 0.29) is 0 Å². The van der Waals surface area contributed by atoms with Crippen molar-refractivity contribution in [1.29, 1.82) is 0 Å². The molecule has 0 aliphatic rings. The van der Waals surface area contributed by atoms with Gasteiger partial charge in [0.1, 0.15) is 11.2 Å². The summed E-state index contributed by atoms with van der Waals surface area (Å²) in [6.07, 6.45) is 0. The molecular formula is C51H35NO. The van der Waals surface area contributed by atoms with Crippen LogP contribution in [0.1, 0.15) is 5.56 Å². The third-order valence-electron chi connectivity index (χ3n) is 10.5. The summed E-state index contributed by atoms with van der Waals surface area (Å²) in [6, 6.07) is 66.8. The van der Waals surface area contributed by atoms with Crippen molar-refractivity contribution in [3.8, 4) is 33.4 Å². The summed E-state index contributed by atoms with van der Waals surface area (Å²) in [7, 11) is 0. The molecule has 2 heterocycles. The lowest BCUT2D eigenvalue weighted by Gasteiger charge is -2.18. The van der Waals surface area contributed by atoms with Gasteiger partial charge in [0.2, 0.25) is 0 Å². The van der Waals surface area contributed by atoms with Gasteiger partial charge in [-0.25, -0.2) is 0 Å². The van der Waals surface area contributed by atoms with Crippen LogP contribution in [0, 0.1) is 6.92 Å². The molecular weight excluding hydrogens is 643 g/mol. The maximum Gasteiger partial charge on any atom is 0.143 e. The number of aromatic amines is 1. The average Bonchev–Trinajstić information content (AvgIpc) is 3.79. The Labute approximate surface area is 307 Å². The highest BCUT2D eigenvalue weighted by Crippen LogP contribution is 2.44. The van der Waals surface area contributed by atoms with Crippen molar-refractivity contribution in [2.24, 2.45) is 0 Å². The van der Waals surface area contributed by atoms with Crippen LogP contribution in [-0.4, -0.2) is 4.98 Å². The van der Waals surface area contributed by atoms with E-state index in [2.05, 4.69) is 188 Å². The smallest absolute Gasteiger partial charge is 0.143 e. The highest BCUT2D eigenvalue weighted by molar-refractivity contribution is 6.21. The van der Waals surface area contributed by atoms with Crippen molar-refractivity contribution in [3.05, 3.63) is 194 Å². The van der Waals surface area contributed by atoms with Crippen molar-refractivity contribution in [2.45, 2.75) is 6.92 Å². The number of nitrogens with one attached hydrogen (secondary N) is 1. The SMILES string of the molecule is Cc1ccc2c(-c3ccccc3)c3ccccc3c(-c3ccccc3)c2c1.c1ccc2c(c1)[nH]c1ccc(-c3cccc4c3oc3ccccc34)cc12. The quantitative estimate of drug-likeness (QED) is 0.185. The zero-order chi connectivity index (χ0) is 35.3. The predicted molar refractivity (Wildman–Crippen MR) is 226 cm³/mol. The van der Waals surface area contributed by atoms with Crippen molar-refractivity contribution < 1.29 is 4.42 Å². The van der Waals surface area contributed by atoms with E-state index in [4.69, 9.17) is 4.42 Å². The Hall–Kier alpha value is -6.90. The van der Waals surface area contributed by atoms with E-state index in [1.807, 2.05) is 12.1 Å². The molecule has 250 valence electrons. The lowest BCUT2D eigenvalue weighted by atomic mass is 9.85. The summed E-state index contributed by atoms with van der Waals surface area (Å²) in [6.45, 7) is 2.17. The topological polar surface area (TPSA) is 28.9 Å². The van der Waals surface area contributed by atoms with E-state index in [9.17, 15) is 0 Å². The van der Waals surface area contributed by atoms with Crippen LogP contribution in [0.4, 0.5) is 0 Å². The maximum atomic E-state index is 6.21. The highest BCUT2D eigenvalue weighted by Gasteiger charge is 2.17. The van der Waals surface area contributed by atoms with Crippen molar-refractivity contribution in [1.82, 2.24) is 4.98 Å². The lowest BCUT2D eigenvalue weighted by Crippen LogP contribution is -1.91. The van der Waals surface area contributed by atoms with Crippen molar-refractivity contribution in [3.63, 3.8) is 0 Å². The minimum atomic E-state index is 0.933. The second kappa shape index (κ2) is 12.7. The molecule has 0 aliphatic heterocycles. The van der Waals surface area contributed by atoms with Gasteiger partial charge in [0.05, 0.1) is 0 Å². The molecule has 11 rings (SSSR count). The van der Waals surface area contributed by atoms with E-state index in [0.717, 1.165) is 33.0 Å². The second-order valence-corrected chi connectivity index (χ2v) is 13.8. The third-order valence-corrected chi connectivity index (χ3v) is 10.5. The van der Waals surface area contributed by atoms with Crippen LogP contribution < -0.4 is 0 Å². The minimum absolute atomic E-state index is 0.933. The Morgan fingerprint density at radius 3 is 1.66 bits per heavy atom. The molecule has 0 amide bonds. The van der Waals surface area contributed by atoms with Crippen LogP contribution in [0.15, 0.2) is 192 Å².